The van der Waals surface area contributed by atoms with Gasteiger partial charge in [0, 0.05) is 19.3 Å². The molecule has 3 aromatic rings. The van der Waals surface area contributed by atoms with E-state index in [4.69, 9.17) is 0 Å². The third-order valence-corrected chi connectivity index (χ3v) is 3.15. The number of carbonyl (C=O) groups is 1. The number of aryl methyl sites for hydroxylation is 1. The first-order valence-corrected chi connectivity index (χ1v) is 6.51. The maximum Gasteiger partial charge on any atom is 0.254 e. The lowest BCUT2D eigenvalue weighted by Gasteiger charge is -2.05. The number of nitrogens with zero attached hydrogens (tertiary/aromatic N) is 3. The van der Waals surface area contributed by atoms with Crippen molar-refractivity contribution in [2.45, 2.75) is 13.0 Å². The standard InChI is InChI=1S/C14H15N5O/c20-14(11-8-17-18-9-11)15-6-3-7-19-10-16-12-4-1-2-5-13(12)19/h1-2,4-5,8-10H,3,6-7H2,(H,15,20)(H,17,18). The Hall–Kier alpha value is -2.63. The average molecular weight is 269 g/mol. The van der Waals surface area contributed by atoms with Crippen LogP contribution in [0.4, 0.5) is 0 Å². The van der Waals surface area contributed by atoms with Crippen molar-refractivity contribution in [1.29, 1.82) is 0 Å². The Balaban J connectivity index is 1.52. The Kier molecular flexibility index (Phi) is 3.45. The Morgan fingerprint density at radius 2 is 2.25 bits per heavy atom. The fraction of sp³-hybridized carbons (Fsp3) is 0.214. The molecule has 1 amide bonds. The lowest BCUT2D eigenvalue weighted by Crippen LogP contribution is -2.24. The van der Waals surface area contributed by atoms with E-state index in [1.807, 2.05) is 30.6 Å². The number of rotatable bonds is 5. The van der Waals surface area contributed by atoms with Gasteiger partial charge in [0.2, 0.25) is 0 Å². The summed E-state index contributed by atoms with van der Waals surface area (Å²) in [5.41, 5.74) is 2.67. The molecular formula is C14H15N5O. The van der Waals surface area contributed by atoms with Crippen LogP contribution in [0.5, 0.6) is 0 Å². The first kappa shape index (κ1) is 12.4. The monoisotopic (exact) mass is 269 g/mol. The van der Waals surface area contributed by atoms with Crippen molar-refractivity contribution < 1.29 is 4.79 Å². The molecule has 0 unspecified atom stereocenters. The Labute approximate surface area is 115 Å². The summed E-state index contributed by atoms with van der Waals surface area (Å²) in [4.78, 5) is 16.0. The lowest BCUT2D eigenvalue weighted by atomic mass is 10.3. The molecule has 2 heterocycles. The predicted molar refractivity (Wildman–Crippen MR) is 75.3 cm³/mol. The molecule has 0 saturated carbocycles. The van der Waals surface area contributed by atoms with Crippen LogP contribution in [0.3, 0.4) is 0 Å². The van der Waals surface area contributed by atoms with Crippen molar-refractivity contribution >= 4 is 16.9 Å². The molecule has 0 fully saturated rings. The number of amides is 1. The minimum atomic E-state index is -0.103. The van der Waals surface area contributed by atoms with Gasteiger partial charge in [0.15, 0.2) is 0 Å². The summed E-state index contributed by atoms with van der Waals surface area (Å²) in [6.45, 7) is 1.45. The van der Waals surface area contributed by atoms with Gasteiger partial charge in [-0.3, -0.25) is 9.89 Å². The summed E-state index contributed by atoms with van der Waals surface area (Å²) in [6, 6.07) is 8.02. The smallest absolute Gasteiger partial charge is 0.254 e. The van der Waals surface area contributed by atoms with Crippen LogP contribution >= 0.6 is 0 Å². The zero-order valence-electron chi connectivity index (χ0n) is 10.9. The number of hydrogen-bond acceptors (Lipinski definition) is 3. The summed E-state index contributed by atoms with van der Waals surface area (Å²) in [5.74, 6) is -0.103. The van der Waals surface area contributed by atoms with Gasteiger partial charge in [-0.15, -0.1) is 0 Å². The van der Waals surface area contributed by atoms with Crippen molar-refractivity contribution in [3.05, 3.63) is 48.5 Å². The van der Waals surface area contributed by atoms with E-state index in [0.29, 0.717) is 12.1 Å². The first-order valence-electron chi connectivity index (χ1n) is 6.51. The second-order valence-electron chi connectivity index (χ2n) is 4.52. The zero-order valence-corrected chi connectivity index (χ0v) is 10.9. The highest BCUT2D eigenvalue weighted by molar-refractivity contribution is 5.93. The molecule has 3 rings (SSSR count). The molecule has 6 nitrogen and oxygen atoms in total. The molecule has 102 valence electrons. The number of imidazole rings is 1. The third kappa shape index (κ3) is 2.54. The van der Waals surface area contributed by atoms with E-state index in [9.17, 15) is 4.79 Å². The number of para-hydroxylation sites is 2. The van der Waals surface area contributed by atoms with Crippen LogP contribution in [0.2, 0.25) is 0 Å². The number of carbonyl (C=O) groups excluding carboxylic acids is 1. The quantitative estimate of drug-likeness (QED) is 0.690. The number of nitrogens with one attached hydrogen (secondary N) is 2. The van der Waals surface area contributed by atoms with Crippen LogP contribution in [0.15, 0.2) is 43.0 Å². The maximum atomic E-state index is 11.7. The van der Waals surface area contributed by atoms with E-state index in [0.717, 1.165) is 24.0 Å². The molecule has 1 aromatic carbocycles. The normalized spacial score (nSPS) is 10.8. The highest BCUT2D eigenvalue weighted by Gasteiger charge is 2.05. The second-order valence-corrected chi connectivity index (χ2v) is 4.52. The Bertz CT molecular complexity index is 701. The van der Waals surface area contributed by atoms with Gasteiger partial charge in [0.05, 0.1) is 29.1 Å². The van der Waals surface area contributed by atoms with Crippen LogP contribution in [-0.2, 0) is 6.54 Å². The fourth-order valence-corrected chi connectivity index (χ4v) is 2.12. The second kappa shape index (κ2) is 5.56. The molecular weight excluding hydrogens is 254 g/mol. The molecule has 0 aliphatic carbocycles. The number of fused-ring (bicyclic) bond motifs is 1. The molecule has 0 aliphatic heterocycles. The highest BCUT2D eigenvalue weighted by atomic mass is 16.1. The maximum absolute atomic E-state index is 11.7. The molecule has 0 bridgehead atoms. The van der Waals surface area contributed by atoms with Gasteiger partial charge >= 0.3 is 0 Å². The number of aromatic amines is 1. The van der Waals surface area contributed by atoms with Crippen molar-refractivity contribution in [3.63, 3.8) is 0 Å². The number of benzene rings is 1. The van der Waals surface area contributed by atoms with Gasteiger partial charge in [-0.2, -0.15) is 5.10 Å². The van der Waals surface area contributed by atoms with Gasteiger partial charge < -0.3 is 9.88 Å². The summed E-state index contributed by atoms with van der Waals surface area (Å²) in [5, 5.41) is 9.23. The predicted octanol–water partition coefficient (Wildman–Crippen LogP) is 1.58. The fourth-order valence-electron chi connectivity index (χ4n) is 2.12. The van der Waals surface area contributed by atoms with Crippen LogP contribution in [0, 0.1) is 0 Å². The van der Waals surface area contributed by atoms with Crippen LogP contribution in [0.1, 0.15) is 16.8 Å². The van der Waals surface area contributed by atoms with Crippen molar-refractivity contribution in [3.8, 4) is 0 Å². The van der Waals surface area contributed by atoms with Crippen molar-refractivity contribution in [2.75, 3.05) is 6.54 Å². The van der Waals surface area contributed by atoms with Crippen LogP contribution in [-0.4, -0.2) is 32.2 Å². The van der Waals surface area contributed by atoms with Gasteiger partial charge in [0.25, 0.3) is 5.91 Å². The van der Waals surface area contributed by atoms with E-state index in [1.165, 1.54) is 6.20 Å². The third-order valence-electron chi connectivity index (χ3n) is 3.15. The van der Waals surface area contributed by atoms with E-state index in [1.54, 1.807) is 6.20 Å². The molecule has 0 radical (unpaired) electrons. The summed E-state index contributed by atoms with van der Waals surface area (Å²) >= 11 is 0. The molecule has 0 saturated heterocycles. The van der Waals surface area contributed by atoms with Gasteiger partial charge in [0.1, 0.15) is 0 Å². The molecule has 2 N–H and O–H groups in total. The van der Waals surface area contributed by atoms with E-state index in [2.05, 4.69) is 25.1 Å². The van der Waals surface area contributed by atoms with Crippen LogP contribution < -0.4 is 5.32 Å². The largest absolute Gasteiger partial charge is 0.352 e. The number of H-pyrrole nitrogens is 1. The SMILES string of the molecule is O=C(NCCCn1cnc2ccccc21)c1cn[nH]c1. The Morgan fingerprint density at radius 3 is 3.10 bits per heavy atom. The van der Waals surface area contributed by atoms with Gasteiger partial charge in [-0.1, -0.05) is 12.1 Å². The van der Waals surface area contributed by atoms with Crippen molar-refractivity contribution in [1.82, 2.24) is 25.1 Å². The van der Waals surface area contributed by atoms with Crippen molar-refractivity contribution in [2.24, 2.45) is 0 Å². The van der Waals surface area contributed by atoms with Gasteiger partial charge in [-0.25, -0.2) is 4.98 Å². The summed E-state index contributed by atoms with van der Waals surface area (Å²) in [6.07, 6.45) is 5.78. The zero-order chi connectivity index (χ0) is 13.8. The van der Waals surface area contributed by atoms with E-state index >= 15 is 0 Å². The Morgan fingerprint density at radius 1 is 1.35 bits per heavy atom. The number of hydrogen-bond donors (Lipinski definition) is 2. The molecule has 2 aromatic heterocycles. The molecule has 6 heteroatoms. The van der Waals surface area contributed by atoms with Crippen LogP contribution in [0.25, 0.3) is 11.0 Å². The minimum absolute atomic E-state index is 0.103. The van der Waals surface area contributed by atoms with E-state index in [-0.39, 0.29) is 5.91 Å². The molecule has 20 heavy (non-hydrogen) atoms. The van der Waals surface area contributed by atoms with Gasteiger partial charge in [-0.05, 0) is 18.6 Å². The summed E-state index contributed by atoms with van der Waals surface area (Å²) < 4.78 is 2.10. The molecule has 0 spiro atoms. The highest BCUT2D eigenvalue weighted by Crippen LogP contribution is 2.11. The summed E-state index contributed by atoms with van der Waals surface area (Å²) in [7, 11) is 0. The number of aromatic nitrogens is 4. The molecule has 0 atom stereocenters. The topological polar surface area (TPSA) is 75.6 Å². The molecule has 0 aliphatic rings. The van der Waals surface area contributed by atoms with E-state index < -0.39 is 0 Å². The minimum Gasteiger partial charge on any atom is -0.352 e. The average Bonchev–Trinajstić information content (AvgIpc) is 3.13. The first-order chi connectivity index (χ1) is 9.84. The lowest BCUT2D eigenvalue weighted by molar-refractivity contribution is 0.0953.